The molecule has 3 heterocycles. The summed E-state index contributed by atoms with van der Waals surface area (Å²) in [6, 6.07) is 6.32. The maximum atomic E-state index is 13.2. The van der Waals surface area contributed by atoms with Crippen LogP contribution in [0.5, 0.6) is 0 Å². The Morgan fingerprint density at radius 3 is 2.38 bits per heavy atom. The van der Waals surface area contributed by atoms with Gasteiger partial charge < -0.3 is 34.3 Å². The fraction of sp³-hybridized carbons (Fsp3) is 0.605. The van der Waals surface area contributed by atoms with Crippen molar-refractivity contribution in [3.05, 3.63) is 65.8 Å². The van der Waals surface area contributed by atoms with Gasteiger partial charge in [-0.2, -0.15) is 0 Å². The minimum absolute atomic E-state index is 0.0397. The van der Waals surface area contributed by atoms with Gasteiger partial charge in [-0.25, -0.2) is 12.7 Å². The van der Waals surface area contributed by atoms with Crippen LogP contribution in [0, 0.1) is 5.92 Å². The molecule has 3 aliphatic rings. The van der Waals surface area contributed by atoms with E-state index < -0.39 is 46.0 Å². The van der Waals surface area contributed by atoms with E-state index in [1.807, 2.05) is 26.0 Å². The van der Waals surface area contributed by atoms with E-state index in [9.17, 15) is 27.9 Å². The molecule has 3 fully saturated rings. The summed E-state index contributed by atoms with van der Waals surface area (Å²) in [6.07, 6.45) is 7.96. The monoisotopic (exact) mass is 745 g/mol. The van der Waals surface area contributed by atoms with E-state index in [4.69, 9.17) is 18.9 Å². The molecule has 2 amide bonds. The Labute approximate surface area is 308 Å². The van der Waals surface area contributed by atoms with Gasteiger partial charge in [-0.05, 0) is 63.3 Å². The molecule has 9 atom stereocenters. The van der Waals surface area contributed by atoms with Crippen LogP contribution < -0.4 is 5.32 Å². The van der Waals surface area contributed by atoms with Crippen molar-refractivity contribution in [1.82, 2.24) is 14.5 Å². The van der Waals surface area contributed by atoms with Crippen LogP contribution in [-0.2, 0) is 49.9 Å². The lowest BCUT2D eigenvalue weighted by molar-refractivity contribution is -0.150. The van der Waals surface area contributed by atoms with E-state index in [1.165, 1.54) is 39.2 Å². The first-order valence-electron chi connectivity index (χ1n) is 17.8. The molecule has 1 unspecified atom stereocenters. The molecule has 4 rings (SSSR count). The Kier molecular flexibility index (Phi) is 14.0. The highest BCUT2D eigenvalue weighted by Gasteiger charge is 2.58. The minimum Gasteiger partial charge on any atom is -0.459 e. The number of benzene rings is 1. The van der Waals surface area contributed by atoms with Gasteiger partial charge in [0.05, 0.1) is 42.3 Å². The van der Waals surface area contributed by atoms with Gasteiger partial charge in [0.2, 0.25) is 21.8 Å². The van der Waals surface area contributed by atoms with E-state index >= 15 is 0 Å². The number of carbonyl (C=O) groups is 3. The van der Waals surface area contributed by atoms with Crippen molar-refractivity contribution >= 4 is 27.8 Å². The van der Waals surface area contributed by atoms with Gasteiger partial charge in [0.15, 0.2) is 0 Å². The summed E-state index contributed by atoms with van der Waals surface area (Å²) < 4.78 is 49.2. The van der Waals surface area contributed by atoms with Crippen molar-refractivity contribution in [2.45, 2.75) is 120 Å². The van der Waals surface area contributed by atoms with Crippen molar-refractivity contribution in [3.8, 4) is 0 Å². The lowest BCUT2D eigenvalue weighted by atomic mass is 9.87. The number of aliphatic hydroxyl groups is 1. The molecule has 0 radical (unpaired) electrons. The average molecular weight is 746 g/mol. The number of ether oxygens (including phenoxy) is 4. The van der Waals surface area contributed by atoms with Crippen molar-refractivity contribution in [1.29, 1.82) is 0 Å². The number of epoxide rings is 1. The van der Waals surface area contributed by atoms with Gasteiger partial charge in [0.1, 0.15) is 23.9 Å². The molecule has 13 nitrogen and oxygen atoms in total. The lowest BCUT2D eigenvalue weighted by Gasteiger charge is -2.39. The quantitative estimate of drug-likeness (QED) is 0.125. The van der Waals surface area contributed by atoms with Crippen LogP contribution in [0.15, 0.2) is 65.1 Å². The number of nitrogens with zero attached hydrogens (tertiary/aromatic N) is 2. The number of aliphatic hydroxyl groups excluding tert-OH is 1. The normalized spacial score (nSPS) is 30.1. The molecule has 2 N–H and O–H groups in total. The van der Waals surface area contributed by atoms with Crippen LogP contribution in [-0.4, -0.2) is 117 Å². The zero-order chi connectivity index (χ0) is 38.4. The van der Waals surface area contributed by atoms with Crippen molar-refractivity contribution in [2.75, 3.05) is 27.7 Å². The number of nitrogens with one attached hydrogen (secondary N) is 1. The summed E-state index contributed by atoms with van der Waals surface area (Å²) in [6.45, 7) is 9.73. The Hall–Kier alpha value is -3.40. The van der Waals surface area contributed by atoms with E-state index in [1.54, 1.807) is 37.1 Å². The summed E-state index contributed by atoms with van der Waals surface area (Å²) in [4.78, 5) is 38.5. The Bertz CT molecular complexity index is 1620. The first-order valence-corrected chi connectivity index (χ1v) is 19.2. The zero-order valence-corrected chi connectivity index (χ0v) is 32.3. The van der Waals surface area contributed by atoms with Gasteiger partial charge in [-0.1, -0.05) is 42.9 Å². The Balaban J connectivity index is 1.28. The van der Waals surface area contributed by atoms with E-state index in [0.29, 0.717) is 26.0 Å². The second-order valence-corrected chi connectivity index (χ2v) is 16.7. The standard InChI is InChI=1S/C38H55N3O10S/c1-24(9-16-33-25(2)19-32(27(4)50-33)39-35(43)18-11-26(3)49-28(5)42)10-17-34-37(45)38(23-48-38)21-30(51-34)20-36(44)41(8)22-29-12-14-31(15-13-29)52(46,47)40(6)7/h9-15,17-18,25-27,30,32-34,37,45H,16,19-23H2,1-8H3,(H,39,43)/b17-10+,18-11?,24-9+/t25-,26?,27+,30+,32+,33-,34+,37+,38+/m0/s1. The number of carbonyl (C=O) groups excluding carboxylic acids is 3. The summed E-state index contributed by atoms with van der Waals surface area (Å²) >= 11 is 0. The predicted molar refractivity (Wildman–Crippen MR) is 194 cm³/mol. The third-order valence-electron chi connectivity index (χ3n) is 9.87. The molecule has 0 aliphatic carbocycles. The number of esters is 1. The summed E-state index contributed by atoms with van der Waals surface area (Å²) in [5, 5.41) is 14.1. The van der Waals surface area contributed by atoms with Crippen molar-refractivity contribution in [2.24, 2.45) is 5.92 Å². The van der Waals surface area contributed by atoms with E-state index in [-0.39, 0.29) is 47.3 Å². The van der Waals surface area contributed by atoms with Gasteiger partial charge in [0.25, 0.3) is 0 Å². The SMILES string of the molecule is CC(=O)OC(C)C=CC(=O)N[C@@H]1C[C@H](C)[C@H](C/C=C(C)/C=C/[C@H]2O[C@H](CC(=O)N(C)Cc3ccc(S(=O)(=O)N(C)C)cc3)C[C@@]3(CO3)[C@@H]2O)O[C@@H]1C. The molecular weight excluding hydrogens is 690 g/mol. The third-order valence-corrected chi connectivity index (χ3v) is 11.7. The van der Waals surface area contributed by atoms with Gasteiger partial charge in [0, 0.05) is 47.1 Å². The third kappa shape index (κ3) is 11.1. The van der Waals surface area contributed by atoms with Crippen LogP contribution in [0.1, 0.15) is 65.9 Å². The topological polar surface area (TPSA) is 164 Å². The number of allylic oxidation sites excluding steroid dienone is 2. The fourth-order valence-electron chi connectivity index (χ4n) is 6.58. The fourth-order valence-corrected chi connectivity index (χ4v) is 7.48. The molecule has 1 aromatic rings. The maximum absolute atomic E-state index is 13.2. The highest BCUT2D eigenvalue weighted by atomic mass is 32.2. The zero-order valence-electron chi connectivity index (χ0n) is 31.5. The average Bonchev–Trinajstić information content (AvgIpc) is 3.85. The molecule has 0 bridgehead atoms. The Morgan fingerprint density at radius 2 is 1.77 bits per heavy atom. The number of hydrogen-bond acceptors (Lipinski definition) is 10. The lowest BCUT2D eigenvalue weighted by Crippen LogP contribution is -2.51. The van der Waals surface area contributed by atoms with Crippen molar-refractivity contribution in [3.63, 3.8) is 0 Å². The highest BCUT2D eigenvalue weighted by Crippen LogP contribution is 2.43. The van der Waals surface area contributed by atoms with Crippen LogP contribution in [0.2, 0.25) is 0 Å². The number of sulfonamides is 1. The molecule has 288 valence electrons. The summed E-state index contributed by atoms with van der Waals surface area (Å²) in [5.41, 5.74) is 1.03. The molecule has 3 saturated heterocycles. The van der Waals surface area contributed by atoms with Gasteiger partial charge in [-0.3, -0.25) is 14.4 Å². The molecule has 52 heavy (non-hydrogen) atoms. The maximum Gasteiger partial charge on any atom is 0.303 e. The van der Waals surface area contributed by atoms with Crippen molar-refractivity contribution < 1.29 is 46.9 Å². The number of amides is 2. The van der Waals surface area contributed by atoms with E-state index in [2.05, 4.69) is 18.3 Å². The molecule has 0 saturated carbocycles. The second kappa shape index (κ2) is 17.6. The smallest absolute Gasteiger partial charge is 0.303 e. The van der Waals surface area contributed by atoms with Crippen LogP contribution in [0.3, 0.4) is 0 Å². The Morgan fingerprint density at radius 1 is 1.10 bits per heavy atom. The van der Waals surface area contributed by atoms with E-state index in [0.717, 1.165) is 21.9 Å². The summed E-state index contributed by atoms with van der Waals surface area (Å²) in [7, 11) is 1.11. The first-order chi connectivity index (χ1) is 24.4. The largest absolute Gasteiger partial charge is 0.459 e. The summed E-state index contributed by atoms with van der Waals surface area (Å²) in [5.74, 6) is -0.625. The van der Waals surface area contributed by atoms with Crippen LogP contribution >= 0.6 is 0 Å². The van der Waals surface area contributed by atoms with Crippen LogP contribution in [0.25, 0.3) is 0 Å². The number of hydrogen-bond donors (Lipinski definition) is 2. The molecule has 0 aromatic heterocycles. The van der Waals surface area contributed by atoms with Gasteiger partial charge >= 0.3 is 5.97 Å². The highest BCUT2D eigenvalue weighted by molar-refractivity contribution is 7.89. The first kappa shape index (κ1) is 41.4. The molecule has 14 heteroatoms. The predicted octanol–water partition coefficient (Wildman–Crippen LogP) is 3.27. The van der Waals surface area contributed by atoms with Gasteiger partial charge in [-0.15, -0.1) is 0 Å². The molecule has 1 aromatic carbocycles. The number of rotatable bonds is 14. The molecule has 3 aliphatic heterocycles. The molecule has 1 spiro atoms. The molecular formula is C38H55N3O10S. The minimum atomic E-state index is -3.54. The van der Waals surface area contributed by atoms with Crippen LogP contribution in [0.4, 0.5) is 0 Å². The second-order valence-electron chi connectivity index (χ2n) is 14.5.